The van der Waals surface area contributed by atoms with Crippen LogP contribution in [0.3, 0.4) is 0 Å². The molecule has 0 bridgehead atoms. The molecule has 134 valence electrons. The van der Waals surface area contributed by atoms with Gasteiger partial charge in [0.15, 0.2) is 5.76 Å². The maximum absolute atomic E-state index is 12.7. The number of ether oxygens (including phenoxy) is 1. The van der Waals surface area contributed by atoms with E-state index in [1.165, 1.54) is 6.42 Å². The zero-order valence-corrected chi connectivity index (χ0v) is 15.1. The molecular weight excluding hydrogens is 350 g/mol. The Bertz CT molecular complexity index is 885. The number of piperidine rings is 1. The number of benzene rings is 2. The van der Waals surface area contributed by atoms with E-state index >= 15 is 0 Å². The Kier molecular flexibility index (Phi) is 4.70. The number of aromatic hydroxyl groups is 1. The number of likely N-dealkylation sites (tertiary alicyclic amines) is 1. The van der Waals surface area contributed by atoms with E-state index < -0.39 is 0 Å². The third kappa shape index (κ3) is 3.35. The Balaban J connectivity index is 1.66. The lowest BCUT2D eigenvalue weighted by molar-refractivity contribution is 0.101. The maximum atomic E-state index is 12.7. The fourth-order valence-corrected chi connectivity index (χ4v) is 3.74. The van der Waals surface area contributed by atoms with Gasteiger partial charge in [-0.25, -0.2) is 0 Å². The number of fused-ring (bicyclic) bond motifs is 1. The van der Waals surface area contributed by atoms with E-state index in [0.29, 0.717) is 28.4 Å². The van der Waals surface area contributed by atoms with Gasteiger partial charge in [0.1, 0.15) is 11.5 Å². The first-order chi connectivity index (χ1) is 12.6. The number of phenols is 1. The number of Topliss-reactive ketones (excluding diaryl/α,β-unsaturated/α-hetero) is 1. The van der Waals surface area contributed by atoms with Gasteiger partial charge in [0.05, 0.1) is 11.1 Å². The minimum absolute atomic E-state index is 0.167. The summed E-state index contributed by atoms with van der Waals surface area (Å²) in [5, 5.41) is 11.0. The molecule has 1 saturated heterocycles. The van der Waals surface area contributed by atoms with Crippen molar-refractivity contribution < 1.29 is 14.6 Å². The Morgan fingerprint density at radius 3 is 2.73 bits per heavy atom. The van der Waals surface area contributed by atoms with Gasteiger partial charge >= 0.3 is 0 Å². The van der Waals surface area contributed by atoms with Crippen LogP contribution in [0.2, 0.25) is 5.02 Å². The van der Waals surface area contributed by atoms with E-state index in [9.17, 15) is 9.90 Å². The monoisotopic (exact) mass is 369 g/mol. The standard InChI is InChI=1S/C21H20ClNO3/c22-15-6-4-5-14(11-15)12-19-20(25)16-7-8-18(24)17(21(16)26-19)13-23-9-2-1-3-10-23/h4-8,11-12,24H,1-3,9-10,13H2/b19-12-. The predicted molar refractivity (Wildman–Crippen MR) is 102 cm³/mol. The number of nitrogens with zero attached hydrogens (tertiary/aromatic N) is 1. The summed E-state index contributed by atoms with van der Waals surface area (Å²) in [6.07, 6.45) is 5.26. The van der Waals surface area contributed by atoms with Crippen LogP contribution in [0.15, 0.2) is 42.2 Å². The molecule has 1 fully saturated rings. The van der Waals surface area contributed by atoms with Crippen molar-refractivity contribution in [2.24, 2.45) is 0 Å². The van der Waals surface area contributed by atoms with E-state index in [4.69, 9.17) is 16.3 Å². The van der Waals surface area contributed by atoms with Crippen LogP contribution < -0.4 is 4.74 Å². The summed E-state index contributed by atoms with van der Waals surface area (Å²) < 4.78 is 5.90. The van der Waals surface area contributed by atoms with Gasteiger partial charge in [-0.2, -0.15) is 0 Å². The van der Waals surface area contributed by atoms with Gasteiger partial charge in [-0.15, -0.1) is 0 Å². The maximum Gasteiger partial charge on any atom is 0.231 e. The van der Waals surface area contributed by atoms with Gasteiger partial charge < -0.3 is 9.84 Å². The zero-order valence-electron chi connectivity index (χ0n) is 14.4. The van der Waals surface area contributed by atoms with Gasteiger partial charge in [-0.05, 0) is 61.8 Å². The topological polar surface area (TPSA) is 49.8 Å². The molecule has 4 rings (SSSR count). The summed E-state index contributed by atoms with van der Waals surface area (Å²) in [7, 11) is 0. The Hall–Kier alpha value is -2.30. The molecule has 2 aliphatic rings. The van der Waals surface area contributed by atoms with Crippen molar-refractivity contribution in [2.45, 2.75) is 25.8 Å². The van der Waals surface area contributed by atoms with Crippen LogP contribution in [0, 0.1) is 0 Å². The third-order valence-electron chi connectivity index (χ3n) is 4.89. The lowest BCUT2D eigenvalue weighted by Crippen LogP contribution is -2.29. The smallest absolute Gasteiger partial charge is 0.231 e. The molecule has 5 heteroatoms. The first kappa shape index (κ1) is 17.1. The van der Waals surface area contributed by atoms with Gasteiger partial charge in [-0.3, -0.25) is 9.69 Å². The summed E-state index contributed by atoms with van der Waals surface area (Å²) in [6, 6.07) is 10.5. The van der Waals surface area contributed by atoms with Crippen LogP contribution in [0.25, 0.3) is 6.08 Å². The molecule has 0 radical (unpaired) electrons. The van der Waals surface area contributed by atoms with Gasteiger partial charge in [0.2, 0.25) is 5.78 Å². The normalized spacial score (nSPS) is 18.8. The number of ketones is 1. The number of hydrogen-bond acceptors (Lipinski definition) is 4. The first-order valence-electron chi connectivity index (χ1n) is 8.89. The number of carbonyl (C=O) groups is 1. The number of phenolic OH excluding ortho intramolecular Hbond substituents is 1. The van der Waals surface area contributed by atoms with E-state index in [-0.39, 0.29) is 17.3 Å². The fourth-order valence-electron chi connectivity index (χ4n) is 3.54. The van der Waals surface area contributed by atoms with Crippen molar-refractivity contribution in [1.29, 1.82) is 0 Å². The van der Waals surface area contributed by atoms with Crippen molar-refractivity contribution in [3.63, 3.8) is 0 Å². The molecule has 0 aliphatic carbocycles. The number of carbonyl (C=O) groups excluding carboxylic acids is 1. The lowest BCUT2D eigenvalue weighted by atomic mass is 10.0. The van der Waals surface area contributed by atoms with Crippen molar-refractivity contribution in [2.75, 3.05) is 13.1 Å². The molecule has 2 aliphatic heterocycles. The lowest BCUT2D eigenvalue weighted by Gasteiger charge is -2.27. The van der Waals surface area contributed by atoms with Gasteiger partial charge in [0.25, 0.3) is 0 Å². The molecule has 0 unspecified atom stereocenters. The molecule has 2 aromatic rings. The second-order valence-electron chi connectivity index (χ2n) is 6.77. The molecule has 2 aromatic carbocycles. The fraction of sp³-hybridized carbons (Fsp3) is 0.286. The second-order valence-corrected chi connectivity index (χ2v) is 7.21. The van der Waals surface area contributed by atoms with E-state index in [2.05, 4.69) is 4.90 Å². The summed E-state index contributed by atoms with van der Waals surface area (Å²) in [5.41, 5.74) is 1.99. The van der Waals surface area contributed by atoms with Gasteiger partial charge in [0, 0.05) is 11.6 Å². The van der Waals surface area contributed by atoms with Crippen LogP contribution in [0.1, 0.15) is 40.7 Å². The molecule has 1 N–H and O–H groups in total. The second kappa shape index (κ2) is 7.14. The average molecular weight is 370 g/mol. The highest BCUT2D eigenvalue weighted by Crippen LogP contribution is 2.40. The largest absolute Gasteiger partial charge is 0.507 e. The number of hydrogen-bond donors (Lipinski definition) is 1. The number of allylic oxidation sites excluding steroid dienone is 1. The first-order valence-corrected chi connectivity index (χ1v) is 9.26. The van der Waals surface area contributed by atoms with E-state index in [1.54, 1.807) is 30.3 Å². The zero-order chi connectivity index (χ0) is 18.1. The molecule has 4 nitrogen and oxygen atoms in total. The third-order valence-corrected chi connectivity index (χ3v) is 5.13. The molecule has 0 amide bonds. The molecule has 2 heterocycles. The minimum atomic E-state index is -0.167. The highest BCUT2D eigenvalue weighted by atomic mass is 35.5. The Labute approximate surface area is 157 Å². The van der Waals surface area contributed by atoms with Crippen LogP contribution in [0.5, 0.6) is 11.5 Å². The van der Waals surface area contributed by atoms with Crippen molar-refractivity contribution in [3.05, 3.63) is 63.9 Å². The van der Waals surface area contributed by atoms with E-state index in [0.717, 1.165) is 31.5 Å². The van der Waals surface area contributed by atoms with Crippen molar-refractivity contribution in [3.8, 4) is 11.5 Å². The van der Waals surface area contributed by atoms with Crippen LogP contribution in [0.4, 0.5) is 0 Å². The van der Waals surface area contributed by atoms with Crippen molar-refractivity contribution >= 4 is 23.5 Å². The Morgan fingerprint density at radius 1 is 1.15 bits per heavy atom. The Morgan fingerprint density at radius 2 is 1.96 bits per heavy atom. The van der Waals surface area contributed by atoms with Crippen molar-refractivity contribution in [1.82, 2.24) is 4.90 Å². The highest BCUT2D eigenvalue weighted by molar-refractivity contribution is 6.30. The molecule has 26 heavy (non-hydrogen) atoms. The summed E-state index contributed by atoms with van der Waals surface area (Å²) in [6.45, 7) is 2.59. The molecule has 0 atom stereocenters. The number of halogens is 1. The van der Waals surface area contributed by atoms with E-state index in [1.807, 2.05) is 12.1 Å². The summed E-state index contributed by atoms with van der Waals surface area (Å²) >= 11 is 6.02. The number of rotatable bonds is 3. The summed E-state index contributed by atoms with van der Waals surface area (Å²) in [4.78, 5) is 15.0. The van der Waals surface area contributed by atoms with Crippen LogP contribution >= 0.6 is 11.6 Å². The summed E-state index contributed by atoms with van der Waals surface area (Å²) in [5.74, 6) is 0.743. The van der Waals surface area contributed by atoms with Gasteiger partial charge in [-0.1, -0.05) is 30.2 Å². The molecular formula is C21H20ClNO3. The van der Waals surface area contributed by atoms with Crippen LogP contribution in [-0.4, -0.2) is 28.9 Å². The van der Waals surface area contributed by atoms with Crippen LogP contribution in [-0.2, 0) is 6.54 Å². The predicted octanol–water partition coefficient (Wildman–Crippen LogP) is 4.65. The molecule has 0 saturated carbocycles. The average Bonchev–Trinajstić information content (AvgIpc) is 2.95. The minimum Gasteiger partial charge on any atom is -0.507 e. The molecule has 0 spiro atoms. The SMILES string of the molecule is O=C1/C(=C/c2cccc(Cl)c2)Oc2c1ccc(O)c2CN1CCCCC1. The molecule has 0 aromatic heterocycles. The quantitative estimate of drug-likeness (QED) is 0.800. The highest BCUT2D eigenvalue weighted by Gasteiger charge is 2.31.